The molecule has 0 amide bonds. The zero-order chi connectivity index (χ0) is 10.1. The maximum atomic E-state index is 2.39. The second-order valence-electron chi connectivity index (χ2n) is 4.66. The second kappa shape index (κ2) is 3.76. The van der Waals surface area contributed by atoms with Crippen molar-refractivity contribution in [1.82, 2.24) is 0 Å². The highest BCUT2D eigenvalue weighted by Gasteiger charge is 2.30. The predicted molar refractivity (Wildman–Crippen MR) is 61.7 cm³/mol. The molecule has 1 aliphatic carbocycles. The lowest BCUT2D eigenvalue weighted by Gasteiger charge is -2.36. The van der Waals surface area contributed by atoms with Crippen LogP contribution in [-0.2, 0) is 6.42 Å². The first-order chi connectivity index (χ1) is 6.74. The van der Waals surface area contributed by atoms with Crippen LogP contribution in [0.2, 0.25) is 0 Å². The van der Waals surface area contributed by atoms with Gasteiger partial charge >= 0.3 is 0 Å². The van der Waals surface area contributed by atoms with Crippen LogP contribution in [0.4, 0.5) is 0 Å². The Morgan fingerprint density at radius 3 is 2.57 bits per heavy atom. The molecule has 2 rings (SSSR count). The van der Waals surface area contributed by atoms with Gasteiger partial charge in [-0.1, -0.05) is 32.0 Å². The molecule has 0 heteroatoms. The van der Waals surface area contributed by atoms with Gasteiger partial charge in [0.25, 0.3) is 0 Å². The van der Waals surface area contributed by atoms with Crippen molar-refractivity contribution >= 4 is 0 Å². The molecular formula is C14H20. The van der Waals surface area contributed by atoms with E-state index >= 15 is 0 Å². The van der Waals surface area contributed by atoms with Gasteiger partial charge in [-0.05, 0) is 54.7 Å². The van der Waals surface area contributed by atoms with E-state index in [9.17, 15) is 0 Å². The van der Waals surface area contributed by atoms with Crippen LogP contribution < -0.4 is 0 Å². The Bertz CT molecular complexity index is 325. The van der Waals surface area contributed by atoms with Gasteiger partial charge in [0, 0.05) is 0 Å². The van der Waals surface area contributed by atoms with Gasteiger partial charge in [-0.25, -0.2) is 0 Å². The molecule has 1 aromatic rings. The maximum absolute atomic E-state index is 2.39. The van der Waals surface area contributed by atoms with E-state index in [-0.39, 0.29) is 0 Å². The van der Waals surface area contributed by atoms with Crippen molar-refractivity contribution in [3.8, 4) is 0 Å². The summed E-state index contributed by atoms with van der Waals surface area (Å²) >= 11 is 0. The lowest BCUT2D eigenvalue weighted by atomic mass is 9.68. The van der Waals surface area contributed by atoms with Crippen molar-refractivity contribution < 1.29 is 0 Å². The smallest absolute Gasteiger partial charge is 0.0131 e. The minimum absolute atomic E-state index is 0.853. The molecule has 0 aliphatic heterocycles. The van der Waals surface area contributed by atoms with Crippen LogP contribution in [0.15, 0.2) is 18.2 Å². The Hall–Kier alpha value is -0.780. The fraction of sp³-hybridized carbons (Fsp3) is 0.571. The molecule has 1 aliphatic rings. The van der Waals surface area contributed by atoms with Crippen molar-refractivity contribution in [3.63, 3.8) is 0 Å². The molecule has 14 heavy (non-hydrogen) atoms. The molecule has 0 bridgehead atoms. The Morgan fingerprint density at radius 2 is 2.07 bits per heavy atom. The summed E-state index contributed by atoms with van der Waals surface area (Å²) in [6, 6.07) is 6.76. The number of aryl methyl sites for hydroxylation is 2. The minimum Gasteiger partial charge on any atom is -0.0619 e. The predicted octanol–water partition coefficient (Wildman–Crippen LogP) is 4.07. The van der Waals surface area contributed by atoms with Crippen LogP contribution in [0.1, 0.15) is 49.3 Å². The molecule has 0 saturated heterocycles. The fourth-order valence-electron chi connectivity index (χ4n) is 2.68. The van der Waals surface area contributed by atoms with Crippen molar-refractivity contribution in [2.45, 2.75) is 46.0 Å². The standard InChI is InChI=1S/C14H20/c1-4-12-7-5-6-11(3)14(12)13-9-8-10(13)2/h5-7,10,13H,4,8-9H2,1-3H3. The van der Waals surface area contributed by atoms with E-state index in [0.29, 0.717) is 0 Å². The Kier molecular flexibility index (Phi) is 2.62. The monoisotopic (exact) mass is 188 g/mol. The van der Waals surface area contributed by atoms with Gasteiger partial charge < -0.3 is 0 Å². The maximum Gasteiger partial charge on any atom is -0.0131 e. The Balaban J connectivity index is 2.39. The average molecular weight is 188 g/mol. The fourth-order valence-corrected chi connectivity index (χ4v) is 2.68. The largest absolute Gasteiger partial charge is 0.0619 e. The van der Waals surface area contributed by atoms with Gasteiger partial charge in [0.15, 0.2) is 0 Å². The first-order valence-corrected chi connectivity index (χ1v) is 5.82. The van der Waals surface area contributed by atoms with E-state index in [4.69, 9.17) is 0 Å². The number of benzene rings is 1. The first kappa shape index (κ1) is 9.76. The summed E-state index contributed by atoms with van der Waals surface area (Å²) in [5.41, 5.74) is 4.73. The van der Waals surface area contributed by atoms with Crippen LogP contribution in [0.5, 0.6) is 0 Å². The summed E-state index contributed by atoms with van der Waals surface area (Å²) in [5, 5.41) is 0. The third kappa shape index (κ3) is 1.47. The Labute approximate surface area is 87.3 Å². The van der Waals surface area contributed by atoms with Gasteiger partial charge in [0.2, 0.25) is 0 Å². The summed E-state index contributed by atoms with van der Waals surface area (Å²) in [5.74, 6) is 1.76. The van der Waals surface area contributed by atoms with E-state index in [1.54, 1.807) is 11.1 Å². The molecular weight excluding hydrogens is 168 g/mol. The summed E-state index contributed by atoms with van der Waals surface area (Å²) in [4.78, 5) is 0. The van der Waals surface area contributed by atoms with Gasteiger partial charge in [-0.15, -0.1) is 0 Å². The van der Waals surface area contributed by atoms with Crippen molar-refractivity contribution in [1.29, 1.82) is 0 Å². The molecule has 76 valence electrons. The van der Waals surface area contributed by atoms with Crippen LogP contribution in [0.3, 0.4) is 0 Å². The van der Waals surface area contributed by atoms with Crippen molar-refractivity contribution in [3.05, 3.63) is 34.9 Å². The molecule has 1 fully saturated rings. The molecule has 0 spiro atoms. The second-order valence-corrected chi connectivity index (χ2v) is 4.66. The average Bonchev–Trinajstić information content (AvgIpc) is 2.18. The molecule has 2 unspecified atom stereocenters. The van der Waals surface area contributed by atoms with Gasteiger partial charge in [0.1, 0.15) is 0 Å². The van der Waals surface area contributed by atoms with E-state index in [1.165, 1.54) is 24.8 Å². The lowest BCUT2D eigenvalue weighted by Crippen LogP contribution is -2.22. The molecule has 0 heterocycles. The topological polar surface area (TPSA) is 0 Å². The summed E-state index contributed by atoms with van der Waals surface area (Å²) < 4.78 is 0. The zero-order valence-corrected chi connectivity index (χ0v) is 9.51. The molecule has 1 aromatic carbocycles. The quantitative estimate of drug-likeness (QED) is 0.656. The molecule has 0 radical (unpaired) electrons. The third-order valence-corrected chi connectivity index (χ3v) is 3.79. The van der Waals surface area contributed by atoms with Crippen LogP contribution in [0, 0.1) is 12.8 Å². The van der Waals surface area contributed by atoms with Gasteiger partial charge in [-0.3, -0.25) is 0 Å². The minimum atomic E-state index is 0.853. The molecule has 0 aromatic heterocycles. The highest BCUT2D eigenvalue weighted by Crippen LogP contribution is 2.44. The van der Waals surface area contributed by atoms with Crippen LogP contribution in [-0.4, -0.2) is 0 Å². The van der Waals surface area contributed by atoms with E-state index in [1.807, 2.05) is 0 Å². The van der Waals surface area contributed by atoms with Crippen molar-refractivity contribution in [2.24, 2.45) is 5.92 Å². The third-order valence-electron chi connectivity index (χ3n) is 3.79. The summed E-state index contributed by atoms with van der Waals surface area (Å²) in [6.45, 7) is 6.92. The highest BCUT2D eigenvalue weighted by atomic mass is 14.3. The summed E-state index contributed by atoms with van der Waals surface area (Å²) in [7, 11) is 0. The van der Waals surface area contributed by atoms with Gasteiger partial charge in [0.05, 0.1) is 0 Å². The van der Waals surface area contributed by atoms with Crippen molar-refractivity contribution in [2.75, 3.05) is 0 Å². The molecule has 0 N–H and O–H groups in total. The molecule has 1 saturated carbocycles. The lowest BCUT2D eigenvalue weighted by molar-refractivity contribution is 0.278. The number of hydrogen-bond acceptors (Lipinski definition) is 0. The first-order valence-electron chi connectivity index (χ1n) is 5.82. The molecule has 0 nitrogen and oxygen atoms in total. The van der Waals surface area contributed by atoms with Gasteiger partial charge in [-0.2, -0.15) is 0 Å². The van der Waals surface area contributed by atoms with E-state index in [2.05, 4.69) is 39.0 Å². The zero-order valence-electron chi connectivity index (χ0n) is 9.51. The van der Waals surface area contributed by atoms with Crippen LogP contribution >= 0.6 is 0 Å². The SMILES string of the molecule is CCc1cccc(C)c1C1CCC1C. The van der Waals surface area contributed by atoms with E-state index in [0.717, 1.165) is 11.8 Å². The van der Waals surface area contributed by atoms with E-state index < -0.39 is 0 Å². The van der Waals surface area contributed by atoms with Crippen LogP contribution in [0.25, 0.3) is 0 Å². The number of rotatable bonds is 2. The molecule has 2 atom stereocenters. The summed E-state index contributed by atoms with van der Waals surface area (Å²) in [6.07, 6.45) is 4.00. The highest BCUT2D eigenvalue weighted by molar-refractivity contribution is 5.38. The number of hydrogen-bond donors (Lipinski definition) is 0. The Morgan fingerprint density at radius 1 is 1.29 bits per heavy atom. The normalized spacial score (nSPS) is 25.9.